The molecule has 5 heteroatoms. The Balaban J connectivity index is 1.30. The standard InChI is InChI=1S/C22H21NO4/c24-21(25)19-10-14-9-13(19)11-23(14)22(26)27-12-20-17-7-3-1-5-15(17)16-6-2-4-8-18(16)20/h1-8,13-14,19-20H,9-12H2,(H,24,25)/t13-,14-,19+/m0/s1. The van der Waals surface area contributed by atoms with Crippen molar-refractivity contribution in [1.82, 2.24) is 4.90 Å². The highest BCUT2D eigenvalue weighted by Crippen LogP contribution is 2.45. The number of likely N-dealkylation sites (tertiary alicyclic amines) is 1. The van der Waals surface area contributed by atoms with Crippen LogP contribution in [0.2, 0.25) is 0 Å². The Labute approximate surface area is 157 Å². The van der Waals surface area contributed by atoms with Crippen molar-refractivity contribution in [2.24, 2.45) is 11.8 Å². The lowest BCUT2D eigenvalue weighted by Gasteiger charge is -2.29. The van der Waals surface area contributed by atoms with E-state index in [2.05, 4.69) is 24.3 Å². The number of ether oxygens (including phenoxy) is 1. The van der Waals surface area contributed by atoms with Gasteiger partial charge < -0.3 is 14.7 Å². The van der Waals surface area contributed by atoms with Gasteiger partial charge >= 0.3 is 12.1 Å². The van der Waals surface area contributed by atoms with Crippen molar-refractivity contribution < 1.29 is 19.4 Å². The van der Waals surface area contributed by atoms with Gasteiger partial charge in [0.2, 0.25) is 0 Å². The monoisotopic (exact) mass is 363 g/mol. The first-order valence-corrected chi connectivity index (χ1v) is 9.48. The third-order valence-electron chi connectivity index (χ3n) is 6.43. The second-order valence-corrected chi connectivity index (χ2v) is 7.79. The van der Waals surface area contributed by atoms with Gasteiger partial charge in [0.05, 0.1) is 5.92 Å². The molecule has 1 heterocycles. The van der Waals surface area contributed by atoms with Crippen molar-refractivity contribution in [2.75, 3.05) is 13.2 Å². The third kappa shape index (κ3) is 2.52. The van der Waals surface area contributed by atoms with Gasteiger partial charge in [-0.05, 0) is 41.0 Å². The zero-order valence-corrected chi connectivity index (χ0v) is 14.9. The molecule has 1 saturated carbocycles. The molecule has 5 rings (SSSR count). The maximum Gasteiger partial charge on any atom is 0.410 e. The zero-order valence-electron chi connectivity index (χ0n) is 14.9. The number of carboxylic acids is 1. The Bertz CT molecular complexity index is 879. The van der Waals surface area contributed by atoms with Gasteiger partial charge in [0, 0.05) is 18.5 Å². The van der Waals surface area contributed by atoms with Crippen LogP contribution in [0.25, 0.3) is 11.1 Å². The molecule has 3 aliphatic rings. The summed E-state index contributed by atoms with van der Waals surface area (Å²) < 4.78 is 5.71. The lowest BCUT2D eigenvalue weighted by Crippen LogP contribution is -2.42. The van der Waals surface area contributed by atoms with Crippen LogP contribution in [0.4, 0.5) is 4.79 Å². The van der Waals surface area contributed by atoms with Crippen molar-refractivity contribution in [3.63, 3.8) is 0 Å². The van der Waals surface area contributed by atoms with Crippen molar-refractivity contribution in [3.05, 3.63) is 59.7 Å². The number of hydrogen-bond donors (Lipinski definition) is 1. The molecule has 2 aromatic rings. The van der Waals surface area contributed by atoms with Crippen molar-refractivity contribution in [3.8, 4) is 11.1 Å². The molecule has 1 aliphatic heterocycles. The third-order valence-corrected chi connectivity index (χ3v) is 6.43. The number of benzene rings is 2. The van der Waals surface area contributed by atoms with Crippen molar-refractivity contribution in [2.45, 2.75) is 24.8 Å². The molecule has 5 nitrogen and oxygen atoms in total. The highest BCUT2D eigenvalue weighted by Gasteiger charge is 2.49. The molecule has 2 fully saturated rings. The van der Waals surface area contributed by atoms with Crippen LogP contribution in [0, 0.1) is 11.8 Å². The summed E-state index contributed by atoms with van der Waals surface area (Å²) in [6.45, 7) is 0.807. The van der Waals surface area contributed by atoms with E-state index in [1.807, 2.05) is 24.3 Å². The van der Waals surface area contributed by atoms with E-state index in [1.165, 1.54) is 22.3 Å². The van der Waals surface area contributed by atoms with Crippen LogP contribution in [0.1, 0.15) is 29.9 Å². The maximum absolute atomic E-state index is 12.6. The molecule has 0 spiro atoms. The first-order chi connectivity index (χ1) is 13.1. The summed E-state index contributed by atoms with van der Waals surface area (Å²) in [6.07, 6.45) is 1.01. The number of amides is 1. The van der Waals surface area contributed by atoms with E-state index in [1.54, 1.807) is 4.90 Å². The average Bonchev–Trinajstić information content (AvgIpc) is 3.37. The van der Waals surface area contributed by atoms with Crippen molar-refractivity contribution >= 4 is 12.1 Å². The highest BCUT2D eigenvalue weighted by atomic mass is 16.6. The molecule has 0 aromatic heterocycles. The minimum atomic E-state index is -0.741. The number of piperidine rings is 1. The Morgan fingerprint density at radius 3 is 2.19 bits per heavy atom. The van der Waals surface area contributed by atoms with E-state index in [-0.39, 0.29) is 29.9 Å². The first-order valence-electron chi connectivity index (χ1n) is 9.48. The van der Waals surface area contributed by atoms with Crippen LogP contribution < -0.4 is 0 Å². The second-order valence-electron chi connectivity index (χ2n) is 7.79. The number of carbonyl (C=O) groups excluding carboxylic acids is 1. The van der Waals surface area contributed by atoms with E-state index in [0.717, 1.165) is 6.42 Å². The minimum absolute atomic E-state index is 0.00625. The van der Waals surface area contributed by atoms with E-state index in [4.69, 9.17) is 4.74 Å². The predicted octanol–water partition coefficient (Wildman–Crippen LogP) is 3.73. The quantitative estimate of drug-likeness (QED) is 0.902. The predicted molar refractivity (Wildman–Crippen MR) is 99.4 cm³/mol. The Hall–Kier alpha value is -2.82. The number of nitrogens with zero attached hydrogens (tertiary/aromatic N) is 1. The lowest BCUT2D eigenvalue weighted by atomic mass is 9.95. The topological polar surface area (TPSA) is 66.8 Å². The Morgan fingerprint density at radius 2 is 1.63 bits per heavy atom. The number of carboxylic acid groups (broad SMARTS) is 1. The fourth-order valence-corrected chi connectivity index (χ4v) is 5.16. The highest BCUT2D eigenvalue weighted by molar-refractivity contribution is 5.79. The summed E-state index contributed by atoms with van der Waals surface area (Å²) >= 11 is 0. The van der Waals surface area contributed by atoms with Gasteiger partial charge in [0.1, 0.15) is 6.61 Å². The maximum atomic E-state index is 12.6. The number of carbonyl (C=O) groups is 2. The molecule has 1 amide bonds. The molecule has 27 heavy (non-hydrogen) atoms. The van der Waals surface area contributed by atoms with E-state index < -0.39 is 5.97 Å². The normalized spacial score (nSPS) is 25.3. The zero-order chi connectivity index (χ0) is 18.5. The molecule has 2 aliphatic carbocycles. The van der Waals surface area contributed by atoms with E-state index >= 15 is 0 Å². The van der Waals surface area contributed by atoms with Crippen LogP contribution in [0.15, 0.2) is 48.5 Å². The molecule has 1 saturated heterocycles. The number of rotatable bonds is 3. The largest absolute Gasteiger partial charge is 0.481 e. The van der Waals surface area contributed by atoms with Gasteiger partial charge in [-0.25, -0.2) is 4.79 Å². The SMILES string of the molecule is O=C(O)[C@@H]1C[C@@H]2C[C@H]1CN2C(=O)OCC1c2ccccc2-c2ccccc21. The van der Waals surface area contributed by atoms with Gasteiger partial charge in [-0.1, -0.05) is 48.5 Å². The summed E-state index contributed by atoms with van der Waals surface area (Å²) in [6, 6.07) is 16.5. The van der Waals surface area contributed by atoms with Crippen LogP contribution in [-0.2, 0) is 9.53 Å². The molecule has 138 valence electrons. The fourth-order valence-electron chi connectivity index (χ4n) is 5.16. The molecule has 0 radical (unpaired) electrons. The molecular weight excluding hydrogens is 342 g/mol. The van der Waals surface area contributed by atoms with Crippen LogP contribution in [-0.4, -0.2) is 41.3 Å². The molecule has 2 bridgehead atoms. The molecule has 3 atom stereocenters. The molecule has 0 unspecified atom stereocenters. The summed E-state index contributed by atoms with van der Waals surface area (Å²) in [4.78, 5) is 25.6. The summed E-state index contributed by atoms with van der Waals surface area (Å²) in [5.41, 5.74) is 4.80. The van der Waals surface area contributed by atoms with Crippen LogP contribution in [0.5, 0.6) is 0 Å². The van der Waals surface area contributed by atoms with E-state index in [0.29, 0.717) is 19.6 Å². The van der Waals surface area contributed by atoms with Gasteiger partial charge in [0.25, 0.3) is 0 Å². The van der Waals surface area contributed by atoms with Crippen LogP contribution in [0.3, 0.4) is 0 Å². The van der Waals surface area contributed by atoms with Gasteiger partial charge in [-0.15, -0.1) is 0 Å². The average molecular weight is 363 g/mol. The lowest BCUT2D eigenvalue weighted by molar-refractivity contribution is -0.143. The van der Waals surface area contributed by atoms with Gasteiger partial charge in [-0.3, -0.25) is 4.79 Å². The molecular formula is C22H21NO4. The molecule has 2 aromatic carbocycles. The summed E-state index contributed by atoms with van der Waals surface area (Å²) in [5, 5.41) is 9.26. The van der Waals surface area contributed by atoms with Crippen LogP contribution >= 0.6 is 0 Å². The second kappa shape index (κ2) is 6.12. The van der Waals surface area contributed by atoms with Gasteiger partial charge in [-0.2, -0.15) is 0 Å². The number of aliphatic carboxylic acids is 1. The number of fused-ring (bicyclic) bond motifs is 5. The summed E-state index contributed by atoms with van der Waals surface area (Å²) in [5.74, 6) is -0.941. The number of hydrogen-bond acceptors (Lipinski definition) is 3. The Morgan fingerprint density at radius 1 is 1.00 bits per heavy atom. The summed E-state index contributed by atoms with van der Waals surface area (Å²) in [7, 11) is 0. The van der Waals surface area contributed by atoms with E-state index in [9.17, 15) is 14.7 Å². The smallest absolute Gasteiger partial charge is 0.410 e. The van der Waals surface area contributed by atoms with Crippen molar-refractivity contribution in [1.29, 1.82) is 0 Å². The van der Waals surface area contributed by atoms with Gasteiger partial charge in [0.15, 0.2) is 0 Å². The minimum Gasteiger partial charge on any atom is -0.481 e. The fraction of sp³-hybridized carbons (Fsp3) is 0.364. The molecule has 1 N–H and O–H groups in total. The first kappa shape index (κ1) is 16.4. The Kier molecular flexibility index (Phi) is 3.71.